The highest BCUT2D eigenvalue weighted by molar-refractivity contribution is 9.10. The normalized spacial score (nSPS) is 11.2. The van der Waals surface area contributed by atoms with E-state index in [0.29, 0.717) is 16.8 Å². The van der Waals surface area contributed by atoms with Gasteiger partial charge in [0.2, 0.25) is 10.0 Å². The van der Waals surface area contributed by atoms with Crippen molar-refractivity contribution in [3.63, 3.8) is 0 Å². The topological polar surface area (TPSA) is 89.3 Å². The van der Waals surface area contributed by atoms with Gasteiger partial charge in [0.1, 0.15) is 0 Å². The van der Waals surface area contributed by atoms with E-state index in [1.54, 1.807) is 31.2 Å². The monoisotopic (exact) mass is 368 g/mol. The molecule has 0 spiro atoms. The smallest absolute Gasteiger partial charge is 0.255 e. The van der Waals surface area contributed by atoms with Crippen LogP contribution in [0.4, 0.5) is 5.69 Å². The van der Waals surface area contributed by atoms with Crippen molar-refractivity contribution < 1.29 is 13.2 Å². The predicted octanol–water partition coefficient (Wildman–Crippen LogP) is 2.66. The molecule has 2 aromatic rings. The molecule has 0 aliphatic carbocycles. The largest absolute Gasteiger partial charge is 0.322 e. The van der Waals surface area contributed by atoms with Crippen molar-refractivity contribution in [1.82, 2.24) is 0 Å². The summed E-state index contributed by atoms with van der Waals surface area (Å²) in [6.07, 6.45) is 0. The predicted molar refractivity (Wildman–Crippen MR) is 84.6 cm³/mol. The number of anilines is 1. The van der Waals surface area contributed by atoms with Crippen LogP contribution in [0, 0.1) is 6.92 Å². The first-order chi connectivity index (χ1) is 9.77. The third-order valence-corrected chi connectivity index (χ3v) is 4.32. The highest BCUT2D eigenvalue weighted by atomic mass is 79.9. The van der Waals surface area contributed by atoms with Gasteiger partial charge in [0.25, 0.3) is 5.91 Å². The molecule has 21 heavy (non-hydrogen) atoms. The van der Waals surface area contributed by atoms with Crippen LogP contribution in [-0.4, -0.2) is 14.3 Å². The molecule has 0 saturated carbocycles. The fraction of sp³-hybridized carbons (Fsp3) is 0.0714. The van der Waals surface area contributed by atoms with Crippen LogP contribution in [0.25, 0.3) is 0 Å². The van der Waals surface area contributed by atoms with Crippen molar-refractivity contribution in [1.29, 1.82) is 0 Å². The third-order valence-electron chi connectivity index (χ3n) is 2.88. The van der Waals surface area contributed by atoms with Crippen molar-refractivity contribution in [3.05, 3.63) is 58.1 Å². The summed E-state index contributed by atoms with van der Waals surface area (Å²) >= 11 is 3.30. The van der Waals surface area contributed by atoms with Gasteiger partial charge in [0.05, 0.1) is 4.90 Å². The number of carbonyl (C=O) groups excluding carboxylic acids is 1. The van der Waals surface area contributed by atoms with E-state index >= 15 is 0 Å². The van der Waals surface area contributed by atoms with E-state index in [1.165, 1.54) is 18.2 Å². The van der Waals surface area contributed by atoms with E-state index in [9.17, 15) is 13.2 Å². The number of hydrogen-bond donors (Lipinski definition) is 2. The molecule has 3 N–H and O–H groups in total. The molecule has 0 unspecified atom stereocenters. The minimum Gasteiger partial charge on any atom is -0.322 e. The molecule has 1 amide bonds. The molecule has 0 radical (unpaired) electrons. The lowest BCUT2D eigenvalue weighted by atomic mass is 10.1. The number of rotatable bonds is 3. The average molecular weight is 369 g/mol. The van der Waals surface area contributed by atoms with Crippen molar-refractivity contribution in [2.75, 3.05) is 5.32 Å². The Balaban J connectivity index is 2.24. The zero-order chi connectivity index (χ0) is 15.6. The second-order valence-electron chi connectivity index (χ2n) is 4.48. The summed E-state index contributed by atoms with van der Waals surface area (Å²) in [5.41, 5.74) is 1.66. The molecule has 7 heteroatoms. The molecule has 0 bridgehead atoms. The SMILES string of the molecule is Cc1cc(S(N)(=O)=O)ccc1NC(=O)c1ccc(Br)cc1. The maximum Gasteiger partial charge on any atom is 0.255 e. The number of sulfonamides is 1. The Labute approximate surface area is 131 Å². The number of amides is 1. The zero-order valence-corrected chi connectivity index (χ0v) is 13.5. The molecule has 110 valence electrons. The van der Waals surface area contributed by atoms with Crippen LogP contribution >= 0.6 is 15.9 Å². The maximum atomic E-state index is 12.1. The minimum absolute atomic E-state index is 0.0154. The highest BCUT2D eigenvalue weighted by Gasteiger charge is 2.12. The number of halogens is 1. The summed E-state index contributed by atoms with van der Waals surface area (Å²) in [6, 6.07) is 11.2. The Morgan fingerprint density at radius 2 is 1.76 bits per heavy atom. The number of hydrogen-bond acceptors (Lipinski definition) is 3. The minimum atomic E-state index is -3.75. The molecule has 0 aliphatic rings. The van der Waals surface area contributed by atoms with E-state index < -0.39 is 10.0 Å². The molecule has 0 aliphatic heterocycles. The summed E-state index contributed by atoms with van der Waals surface area (Å²) in [4.78, 5) is 12.1. The molecule has 0 saturated heterocycles. The Hall–Kier alpha value is -1.70. The molecule has 0 fully saturated rings. The van der Waals surface area contributed by atoms with Crippen LogP contribution in [0.5, 0.6) is 0 Å². The summed E-state index contributed by atoms with van der Waals surface area (Å²) in [5, 5.41) is 7.80. The van der Waals surface area contributed by atoms with Crippen LogP contribution in [0.1, 0.15) is 15.9 Å². The second kappa shape index (κ2) is 5.97. The van der Waals surface area contributed by atoms with Crippen LogP contribution in [-0.2, 0) is 10.0 Å². The maximum absolute atomic E-state index is 12.1. The number of nitrogens with one attached hydrogen (secondary N) is 1. The fourth-order valence-corrected chi connectivity index (χ4v) is 2.61. The van der Waals surface area contributed by atoms with Gasteiger partial charge in [-0.25, -0.2) is 13.6 Å². The van der Waals surface area contributed by atoms with Crippen LogP contribution in [0.2, 0.25) is 0 Å². The quantitative estimate of drug-likeness (QED) is 0.872. The van der Waals surface area contributed by atoms with E-state index in [-0.39, 0.29) is 10.8 Å². The first-order valence-electron chi connectivity index (χ1n) is 5.98. The fourth-order valence-electron chi connectivity index (χ4n) is 1.75. The third kappa shape index (κ3) is 3.90. The van der Waals surface area contributed by atoms with Gasteiger partial charge in [-0.15, -0.1) is 0 Å². The zero-order valence-electron chi connectivity index (χ0n) is 11.1. The lowest BCUT2D eigenvalue weighted by molar-refractivity contribution is 0.102. The number of aryl methyl sites for hydroxylation is 1. The van der Waals surface area contributed by atoms with Gasteiger partial charge in [-0.1, -0.05) is 15.9 Å². The standard InChI is InChI=1S/C14H13BrN2O3S/c1-9-8-12(21(16,19)20)6-7-13(9)17-14(18)10-2-4-11(15)5-3-10/h2-8H,1H3,(H,17,18)(H2,16,19,20). The van der Waals surface area contributed by atoms with Crippen molar-refractivity contribution >= 4 is 37.5 Å². The summed E-state index contributed by atoms with van der Waals surface area (Å²) < 4.78 is 23.4. The number of nitrogens with two attached hydrogens (primary N) is 1. The van der Waals surface area contributed by atoms with Gasteiger partial charge in [0, 0.05) is 15.7 Å². The van der Waals surface area contributed by atoms with E-state index in [4.69, 9.17) is 5.14 Å². The van der Waals surface area contributed by atoms with Crippen molar-refractivity contribution in [3.8, 4) is 0 Å². The van der Waals surface area contributed by atoms with Gasteiger partial charge in [-0.2, -0.15) is 0 Å². The number of primary sulfonamides is 1. The molecule has 0 atom stereocenters. The first-order valence-corrected chi connectivity index (χ1v) is 8.31. The summed E-state index contributed by atoms with van der Waals surface area (Å²) in [7, 11) is -3.75. The van der Waals surface area contributed by atoms with Crippen LogP contribution < -0.4 is 10.5 Å². The van der Waals surface area contributed by atoms with Crippen molar-refractivity contribution in [2.24, 2.45) is 5.14 Å². The van der Waals surface area contributed by atoms with E-state index in [2.05, 4.69) is 21.2 Å². The Bertz CT molecular complexity index is 786. The average Bonchev–Trinajstić information content (AvgIpc) is 2.40. The lowest BCUT2D eigenvalue weighted by Crippen LogP contribution is -2.15. The lowest BCUT2D eigenvalue weighted by Gasteiger charge is -2.09. The first kappa shape index (κ1) is 15.7. The van der Waals surface area contributed by atoms with E-state index in [1.807, 2.05) is 0 Å². The Morgan fingerprint density at radius 1 is 1.14 bits per heavy atom. The van der Waals surface area contributed by atoms with Gasteiger partial charge in [-0.05, 0) is 55.0 Å². The molecular weight excluding hydrogens is 356 g/mol. The molecule has 0 aromatic heterocycles. The van der Waals surface area contributed by atoms with Crippen molar-refractivity contribution in [2.45, 2.75) is 11.8 Å². The molecule has 2 aromatic carbocycles. The Morgan fingerprint density at radius 3 is 2.29 bits per heavy atom. The van der Waals surface area contributed by atoms with E-state index in [0.717, 1.165) is 4.47 Å². The number of benzene rings is 2. The summed E-state index contributed by atoms with van der Waals surface area (Å²) in [6.45, 7) is 1.70. The molecular formula is C14H13BrN2O3S. The summed E-state index contributed by atoms with van der Waals surface area (Å²) in [5.74, 6) is -0.269. The highest BCUT2D eigenvalue weighted by Crippen LogP contribution is 2.20. The van der Waals surface area contributed by atoms with Gasteiger partial charge in [-0.3, -0.25) is 4.79 Å². The molecule has 2 rings (SSSR count). The molecule has 5 nitrogen and oxygen atoms in total. The Kier molecular flexibility index (Phi) is 4.46. The van der Waals surface area contributed by atoms with Crippen LogP contribution in [0.3, 0.4) is 0 Å². The van der Waals surface area contributed by atoms with Gasteiger partial charge < -0.3 is 5.32 Å². The molecule has 0 heterocycles. The van der Waals surface area contributed by atoms with Gasteiger partial charge >= 0.3 is 0 Å². The number of carbonyl (C=O) groups is 1. The van der Waals surface area contributed by atoms with Gasteiger partial charge in [0.15, 0.2) is 0 Å². The van der Waals surface area contributed by atoms with Crippen LogP contribution in [0.15, 0.2) is 51.8 Å². The second-order valence-corrected chi connectivity index (χ2v) is 6.96.